The van der Waals surface area contributed by atoms with E-state index in [1.54, 1.807) is 41.2 Å². The first-order valence-corrected chi connectivity index (χ1v) is 13.4. The molecule has 1 aliphatic heterocycles. The third-order valence-corrected chi connectivity index (χ3v) is 6.84. The topological polar surface area (TPSA) is 127 Å². The Morgan fingerprint density at radius 2 is 1.73 bits per heavy atom. The number of hydrogen-bond donors (Lipinski definition) is 3. The second kappa shape index (κ2) is 13.8. The second-order valence-electron chi connectivity index (χ2n) is 9.42. The second-order valence-corrected chi connectivity index (χ2v) is 9.86. The van der Waals surface area contributed by atoms with Gasteiger partial charge in [-0.15, -0.1) is 0 Å². The number of ether oxygens (including phenoxy) is 2. The summed E-state index contributed by atoms with van der Waals surface area (Å²) in [5.41, 5.74) is 2.88. The van der Waals surface area contributed by atoms with E-state index >= 15 is 0 Å². The highest BCUT2D eigenvalue weighted by atomic mass is 35.5. The molecular weight excluding hydrogens is 536 g/mol. The summed E-state index contributed by atoms with van der Waals surface area (Å²) in [7, 11) is 3.12. The number of nitrogens with one attached hydrogen (secondary N) is 3. The number of hydrogen-bond acceptors (Lipinski definition) is 7. The first-order chi connectivity index (χ1) is 19.3. The molecule has 1 fully saturated rings. The predicted molar refractivity (Wildman–Crippen MR) is 152 cm³/mol. The molecule has 0 spiro atoms. The van der Waals surface area contributed by atoms with Crippen LogP contribution in [0.1, 0.15) is 19.3 Å². The normalized spacial score (nSPS) is 13.9. The fourth-order valence-electron chi connectivity index (χ4n) is 4.47. The number of likely N-dealkylation sites (tertiary alicyclic amines) is 1. The third-order valence-electron chi connectivity index (χ3n) is 6.59. The summed E-state index contributed by atoms with van der Waals surface area (Å²) in [6.45, 7) is 2.81. The van der Waals surface area contributed by atoms with Gasteiger partial charge in [-0.25, -0.2) is 4.79 Å². The molecule has 0 aliphatic carbocycles. The number of piperidine rings is 1. The van der Waals surface area contributed by atoms with Gasteiger partial charge >= 0.3 is 12.0 Å². The van der Waals surface area contributed by atoms with Crippen LogP contribution in [0.2, 0.25) is 5.02 Å². The van der Waals surface area contributed by atoms with Gasteiger partial charge < -0.3 is 25.4 Å². The smallest absolute Gasteiger partial charge is 0.323 e. The van der Waals surface area contributed by atoms with E-state index in [4.69, 9.17) is 16.3 Å². The molecule has 3 aromatic rings. The molecule has 0 bridgehead atoms. The Morgan fingerprint density at radius 1 is 1.02 bits per heavy atom. The van der Waals surface area contributed by atoms with Crippen molar-refractivity contribution in [1.82, 2.24) is 20.0 Å². The summed E-state index contributed by atoms with van der Waals surface area (Å²) in [6, 6.07) is 13.9. The van der Waals surface area contributed by atoms with Crippen molar-refractivity contribution in [3.8, 4) is 17.0 Å². The number of methoxy groups -OCH3 is 1. The number of carbonyl (C=O) groups is 3. The molecule has 0 atom stereocenters. The number of rotatable bonds is 10. The molecule has 3 amide bonds. The molecule has 0 radical (unpaired) electrons. The van der Waals surface area contributed by atoms with Crippen molar-refractivity contribution in [2.75, 3.05) is 44.0 Å². The lowest BCUT2D eigenvalue weighted by molar-refractivity contribution is -0.144. The standard InChI is InChI=1S/C28H33ClN6O5/c1-34-24(9-12-30-34)23-17-22(33-28(38)32-20-5-3-19(29)4-6-20)7-8-25(23)40-16-15-35-13-10-21(11-14-35)31-26(36)18-27(37)39-2/h3-9,12,17,21H,10-11,13-16,18H2,1-2H3,(H,31,36)(H2,32,33,38). The molecular formula is C28H33ClN6O5. The molecule has 0 saturated carbocycles. The van der Waals surface area contributed by atoms with E-state index in [1.165, 1.54) is 7.11 Å². The first kappa shape index (κ1) is 28.9. The van der Waals surface area contributed by atoms with Gasteiger partial charge in [-0.05, 0) is 61.4 Å². The van der Waals surface area contributed by atoms with E-state index in [9.17, 15) is 14.4 Å². The van der Waals surface area contributed by atoms with Crippen molar-refractivity contribution in [3.05, 3.63) is 59.8 Å². The highest BCUT2D eigenvalue weighted by molar-refractivity contribution is 6.30. The molecule has 1 aliphatic rings. The van der Waals surface area contributed by atoms with Crippen LogP contribution in [0.15, 0.2) is 54.7 Å². The van der Waals surface area contributed by atoms with E-state index in [1.807, 2.05) is 25.2 Å². The minimum atomic E-state index is -0.539. The zero-order valence-corrected chi connectivity index (χ0v) is 23.2. The Morgan fingerprint density at radius 3 is 2.40 bits per heavy atom. The third kappa shape index (κ3) is 8.20. The van der Waals surface area contributed by atoms with Crippen molar-refractivity contribution in [2.45, 2.75) is 25.3 Å². The number of anilines is 2. The van der Waals surface area contributed by atoms with E-state index in [-0.39, 0.29) is 24.4 Å². The Kier molecular flexibility index (Phi) is 9.98. The lowest BCUT2D eigenvalue weighted by Gasteiger charge is -2.32. The molecule has 4 rings (SSSR count). The van der Waals surface area contributed by atoms with Crippen LogP contribution in [0.4, 0.5) is 16.2 Å². The summed E-state index contributed by atoms with van der Waals surface area (Å²) in [6.07, 6.45) is 3.04. The maximum Gasteiger partial charge on any atom is 0.323 e. The molecule has 40 heavy (non-hydrogen) atoms. The van der Waals surface area contributed by atoms with E-state index < -0.39 is 5.97 Å². The maximum atomic E-state index is 12.6. The molecule has 2 heterocycles. The lowest BCUT2D eigenvalue weighted by Crippen LogP contribution is -2.45. The molecule has 212 valence electrons. The van der Waals surface area contributed by atoms with Gasteiger partial charge in [-0.3, -0.25) is 19.2 Å². The van der Waals surface area contributed by atoms with Crippen molar-refractivity contribution in [1.29, 1.82) is 0 Å². The highest BCUT2D eigenvalue weighted by Crippen LogP contribution is 2.32. The number of aryl methyl sites for hydroxylation is 1. The number of nitrogens with zero attached hydrogens (tertiary/aromatic N) is 3. The Bertz CT molecular complexity index is 1320. The number of halogens is 1. The van der Waals surface area contributed by atoms with Crippen molar-refractivity contribution in [3.63, 3.8) is 0 Å². The summed E-state index contributed by atoms with van der Waals surface area (Å²) in [5.74, 6) is -0.170. The molecule has 0 unspecified atom stereocenters. The van der Waals surface area contributed by atoms with Gasteiger partial charge in [-0.1, -0.05) is 11.6 Å². The fraction of sp³-hybridized carbons (Fsp3) is 0.357. The van der Waals surface area contributed by atoms with Gasteiger partial charge in [0.25, 0.3) is 0 Å². The molecule has 1 saturated heterocycles. The quantitative estimate of drug-likeness (QED) is 0.250. The van der Waals surface area contributed by atoms with Crippen molar-refractivity contribution < 1.29 is 23.9 Å². The van der Waals surface area contributed by atoms with Gasteiger partial charge in [0.1, 0.15) is 18.8 Å². The number of benzene rings is 2. The van der Waals surface area contributed by atoms with Gasteiger partial charge in [-0.2, -0.15) is 5.10 Å². The molecule has 2 aromatic carbocycles. The van der Waals surface area contributed by atoms with Crippen LogP contribution in [0, 0.1) is 0 Å². The van der Waals surface area contributed by atoms with Crippen LogP contribution in [-0.4, -0.2) is 72.0 Å². The van der Waals surface area contributed by atoms with Gasteiger partial charge in [0.15, 0.2) is 0 Å². The van der Waals surface area contributed by atoms with E-state index in [2.05, 4.69) is 30.7 Å². The predicted octanol–water partition coefficient (Wildman–Crippen LogP) is 3.91. The van der Waals surface area contributed by atoms with E-state index in [0.717, 1.165) is 43.7 Å². The van der Waals surface area contributed by atoms with Crippen molar-refractivity contribution >= 4 is 40.9 Å². The SMILES string of the molecule is COC(=O)CC(=O)NC1CCN(CCOc2ccc(NC(=O)Nc3ccc(Cl)cc3)cc2-c2ccnn2C)CC1. The zero-order chi connectivity index (χ0) is 28.5. The van der Waals surface area contributed by atoms with Gasteiger partial charge in [0.2, 0.25) is 5.91 Å². The largest absolute Gasteiger partial charge is 0.492 e. The Balaban J connectivity index is 1.32. The highest BCUT2D eigenvalue weighted by Gasteiger charge is 2.22. The fourth-order valence-corrected chi connectivity index (χ4v) is 4.59. The number of aromatic nitrogens is 2. The van der Waals surface area contributed by atoms with Crippen LogP contribution < -0.4 is 20.7 Å². The van der Waals surface area contributed by atoms with Crippen LogP contribution in [0.25, 0.3) is 11.3 Å². The average molecular weight is 569 g/mol. The van der Waals surface area contributed by atoms with Crippen LogP contribution in [0.5, 0.6) is 5.75 Å². The minimum absolute atomic E-state index is 0.0442. The summed E-state index contributed by atoms with van der Waals surface area (Å²) in [5, 5.41) is 13.4. The van der Waals surface area contributed by atoms with Crippen molar-refractivity contribution in [2.24, 2.45) is 7.05 Å². The lowest BCUT2D eigenvalue weighted by atomic mass is 10.0. The average Bonchev–Trinajstić information content (AvgIpc) is 3.37. The minimum Gasteiger partial charge on any atom is -0.492 e. The number of carbonyl (C=O) groups excluding carboxylic acids is 3. The first-order valence-electron chi connectivity index (χ1n) is 13.0. The van der Waals surface area contributed by atoms with E-state index in [0.29, 0.717) is 28.8 Å². The van der Waals surface area contributed by atoms with Gasteiger partial charge in [0.05, 0.1) is 12.8 Å². The Labute approximate surface area is 237 Å². The summed E-state index contributed by atoms with van der Waals surface area (Å²) < 4.78 is 12.5. The number of amides is 3. The maximum absolute atomic E-state index is 12.6. The van der Waals surface area contributed by atoms with Crippen LogP contribution in [0.3, 0.4) is 0 Å². The molecule has 3 N–H and O–H groups in total. The summed E-state index contributed by atoms with van der Waals surface area (Å²) in [4.78, 5) is 38.0. The number of esters is 1. The zero-order valence-electron chi connectivity index (χ0n) is 22.5. The van der Waals surface area contributed by atoms with Gasteiger partial charge in [0, 0.05) is 60.9 Å². The monoisotopic (exact) mass is 568 g/mol. The Hall–Kier alpha value is -4.09. The van der Waals surface area contributed by atoms with Crippen LogP contribution >= 0.6 is 11.6 Å². The summed E-state index contributed by atoms with van der Waals surface area (Å²) >= 11 is 5.92. The molecule has 11 nitrogen and oxygen atoms in total. The molecule has 1 aromatic heterocycles. The van der Waals surface area contributed by atoms with Crippen LogP contribution in [-0.2, 0) is 21.4 Å². The number of urea groups is 1. The molecule has 12 heteroatoms.